The largest absolute Gasteiger partial charge is 0.490 e. The fourth-order valence-corrected chi connectivity index (χ4v) is 2.61. The normalized spacial score (nSPS) is 13.7. The number of ether oxygens (including phenoxy) is 3. The minimum atomic E-state index is -4.36. The molecule has 10 heteroatoms. The van der Waals surface area contributed by atoms with Gasteiger partial charge in [0.1, 0.15) is 5.75 Å². The molecule has 2 aromatic rings. The number of guanidine groups is 1. The molecular formula is C20H23F3IN3O3. The molecule has 6 nitrogen and oxygen atoms in total. The monoisotopic (exact) mass is 537 g/mol. The van der Waals surface area contributed by atoms with Crippen LogP contribution in [0.3, 0.4) is 0 Å². The van der Waals surface area contributed by atoms with Crippen molar-refractivity contribution in [2.75, 3.05) is 32.2 Å². The van der Waals surface area contributed by atoms with Gasteiger partial charge in [-0.2, -0.15) is 13.2 Å². The topological polar surface area (TPSA) is 64.1 Å². The molecule has 3 rings (SSSR count). The highest BCUT2D eigenvalue weighted by Crippen LogP contribution is 2.32. The Bertz CT molecular complexity index is 845. The van der Waals surface area contributed by atoms with Gasteiger partial charge in [0.05, 0.1) is 13.2 Å². The first-order valence-electron chi connectivity index (χ1n) is 9.09. The molecule has 2 aromatic carbocycles. The van der Waals surface area contributed by atoms with E-state index in [0.717, 1.165) is 17.7 Å². The van der Waals surface area contributed by atoms with Gasteiger partial charge in [-0.1, -0.05) is 12.1 Å². The molecule has 0 saturated heterocycles. The quantitative estimate of drug-likeness (QED) is 0.332. The van der Waals surface area contributed by atoms with E-state index in [0.29, 0.717) is 37.2 Å². The zero-order valence-electron chi connectivity index (χ0n) is 16.3. The highest BCUT2D eigenvalue weighted by molar-refractivity contribution is 14.0. The summed E-state index contributed by atoms with van der Waals surface area (Å²) in [5.74, 6) is 2.10. The first kappa shape index (κ1) is 23.9. The molecule has 0 saturated carbocycles. The molecular weight excluding hydrogens is 514 g/mol. The van der Waals surface area contributed by atoms with Gasteiger partial charge in [-0.15, -0.1) is 24.0 Å². The van der Waals surface area contributed by atoms with E-state index in [1.807, 2.05) is 18.2 Å². The zero-order chi connectivity index (χ0) is 20.7. The second kappa shape index (κ2) is 11.1. The van der Waals surface area contributed by atoms with Crippen LogP contribution in [-0.4, -0.2) is 39.0 Å². The lowest BCUT2D eigenvalue weighted by molar-refractivity contribution is -0.153. The summed E-state index contributed by atoms with van der Waals surface area (Å²) in [5, 5.41) is 6.32. The van der Waals surface area contributed by atoms with E-state index in [4.69, 9.17) is 14.2 Å². The van der Waals surface area contributed by atoms with Crippen LogP contribution in [0, 0.1) is 0 Å². The minimum Gasteiger partial charge on any atom is -0.490 e. The molecule has 0 aliphatic carbocycles. The Morgan fingerprint density at radius 2 is 1.77 bits per heavy atom. The summed E-state index contributed by atoms with van der Waals surface area (Å²) in [5.41, 5.74) is 1.66. The summed E-state index contributed by atoms with van der Waals surface area (Å²) < 4.78 is 52.6. The number of rotatable bonds is 5. The van der Waals surface area contributed by atoms with Crippen LogP contribution in [0.2, 0.25) is 0 Å². The molecule has 0 aromatic heterocycles. The molecule has 0 bridgehead atoms. The number of nitrogens with one attached hydrogen (secondary N) is 2. The molecule has 0 spiro atoms. The Balaban J connectivity index is 0.00000320. The Labute approximate surface area is 189 Å². The van der Waals surface area contributed by atoms with Crippen molar-refractivity contribution in [2.24, 2.45) is 4.99 Å². The molecule has 2 N–H and O–H groups in total. The first-order chi connectivity index (χ1) is 13.9. The van der Waals surface area contributed by atoms with Crippen LogP contribution in [0.15, 0.2) is 47.5 Å². The van der Waals surface area contributed by atoms with Crippen molar-refractivity contribution in [1.29, 1.82) is 0 Å². The Hall–Kier alpha value is -2.37. The van der Waals surface area contributed by atoms with E-state index in [9.17, 15) is 13.2 Å². The van der Waals surface area contributed by atoms with Crippen molar-refractivity contribution in [3.63, 3.8) is 0 Å². The maximum Gasteiger partial charge on any atom is 0.422 e. The maximum atomic E-state index is 12.2. The van der Waals surface area contributed by atoms with Gasteiger partial charge in [-0.25, -0.2) is 0 Å². The third kappa shape index (κ3) is 7.47. The maximum absolute atomic E-state index is 12.2. The lowest BCUT2D eigenvalue weighted by Gasteiger charge is -2.14. The molecule has 0 atom stereocenters. The summed E-state index contributed by atoms with van der Waals surface area (Å²) in [4.78, 5) is 4.18. The first-order valence-corrected chi connectivity index (χ1v) is 9.09. The zero-order valence-corrected chi connectivity index (χ0v) is 18.6. The second-order valence-electron chi connectivity index (χ2n) is 6.31. The van der Waals surface area contributed by atoms with E-state index in [1.165, 1.54) is 12.1 Å². The molecule has 0 unspecified atom stereocenters. The fourth-order valence-electron chi connectivity index (χ4n) is 2.61. The Morgan fingerprint density at radius 3 is 2.43 bits per heavy atom. The van der Waals surface area contributed by atoms with Gasteiger partial charge < -0.3 is 24.8 Å². The number of halogens is 4. The van der Waals surface area contributed by atoms with Gasteiger partial charge in [-0.3, -0.25) is 4.99 Å². The van der Waals surface area contributed by atoms with E-state index >= 15 is 0 Å². The highest BCUT2D eigenvalue weighted by Gasteiger charge is 2.28. The number of aliphatic imine (C=N–C) groups is 1. The molecule has 30 heavy (non-hydrogen) atoms. The summed E-state index contributed by atoms with van der Waals surface area (Å²) >= 11 is 0. The van der Waals surface area contributed by atoms with Crippen LogP contribution in [0.5, 0.6) is 17.2 Å². The summed E-state index contributed by atoms with van der Waals surface area (Å²) in [6.07, 6.45) is -3.52. The van der Waals surface area contributed by atoms with Crippen LogP contribution in [0.4, 0.5) is 18.9 Å². The van der Waals surface area contributed by atoms with Crippen molar-refractivity contribution in [2.45, 2.75) is 19.1 Å². The van der Waals surface area contributed by atoms with Gasteiger partial charge in [0.15, 0.2) is 24.1 Å². The van der Waals surface area contributed by atoms with Crippen LogP contribution >= 0.6 is 24.0 Å². The third-order valence-corrected chi connectivity index (χ3v) is 4.02. The molecule has 164 valence electrons. The predicted octanol–water partition coefficient (Wildman–Crippen LogP) is 4.59. The van der Waals surface area contributed by atoms with Crippen LogP contribution < -0.4 is 24.8 Å². The number of alkyl halides is 3. The summed E-state index contributed by atoms with van der Waals surface area (Å²) in [6.45, 7) is 0.357. The second-order valence-corrected chi connectivity index (χ2v) is 6.31. The van der Waals surface area contributed by atoms with E-state index in [1.54, 1.807) is 19.2 Å². The van der Waals surface area contributed by atoms with Crippen molar-refractivity contribution in [3.05, 3.63) is 48.0 Å². The fraction of sp³-hybridized carbons (Fsp3) is 0.350. The number of anilines is 1. The summed E-state index contributed by atoms with van der Waals surface area (Å²) in [6, 6.07) is 12.0. The number of fused-ring (bicyclic) bond motifs is 1. The van der Waals surface area contributed by atoms with Gasteiger partial charge in [0.2, 0.25) is 0 Å². The third-order valence-electron chi connectivity index (χ3n) is 4.02. The number of nitrogens with zero attached hydrogens (tertiary/aromatic N) is 1. The summed E-state index contributed by atoms with van der Waals surface area (Å²) in [7, 11) is 1.65. The SMILES string of the molecule is CN=C(NCc1ccc(OCC(F)(F)F)cc1)Nc1ccc2c(c1)OCCCO2.I. The van der Waals surface area contributed by atoms with Gasteiger partial charge >= 0.3 is 6.18 Å². The molecule has 1 aliphatic heterocycles. The number of hydrogen-bond donors (Lipinski definition) is 2. The van der Waals surface area contributed by atoms with Crippen molar-refractivity contribution in [3.8, 4) is 17.2 Å². The lowest BCUT2D eigenvalue weighted by atomic mass is 10.2. The molecule has 0 radical (unpaired) electrons. The van der Waals surface area contributed by atoms with Crippen molar-refractivity contribution in [1.82, 2.24) is 5.32 Å². The molecule has 0 amide bonds. The Morgan fingerprint density at radius 1 is 1.07 bits per heavy atom. The van der Waals surface area contributed by atoms with Gasteiger partial charge in [-0.05, 0) is 29.8 Å². The Kier molecular flexibility index (Phi) is 8.88. The standard InChI is InChI=1S/C20H22F3N3O3.HI/c1-24-19(26-15-5-8-17-18(11-15)28-10-2-9-27-17)25-12-14-3-6-16(7-4-14)29-13-20(21,22)23;/h3-8,11H,2,9-10,12-13H2,1H3,(H2,24,25,26);1H. The van der Waals surface area contributed by atoms with Gasteiger partial charge in [0.25, 0.3) is 0 Å². The molecule has 0 fully saturated rings. The minimum absolute atomic E-state index is 0. The average molecular weight is 537 g/mol. The van der Waals surface area contributed by atoms with Crippen LogP contribution in [-0.2, 0) is 6.54 Å². The average Bonchev–Trinajstić information content (AvgIpc) is 2.94. The van der Waals surface area contributed by atoms with Crippen LogP contribution in [0.1, 0.15) is 12.0 Å². The molecule has 1 aliphatic rings. The van der Waals surface area contributed by atoms with Crippen molar-refractivity contribution < 1.29 is 27.4 Å². The molecule has 1 heterocycles. The lowest BCUT2D eigenvalue weighted by Crippen LogP contribution is -2.30. The van der Waals surface area contributed by atoms with E-state index in [-0.39, 0.29) is 29.7 Å². The van der Waals surface area contributed by atoms with Gasteiger partial charge in [0, 0.05) is 31.8 Å². The van der Waals surface area contributed by atoms with E-state index < -0.39 is 12.8 Å². The van der Waals surface area contributed by atoms with Crippen LogP contribution in [0.25, 0.3) is 0 Å². The van der Waals surface area contributed by atoms with E-state index in [2.05, 4.69) is 15.6 Å². The number of hydrogen-bond acceptors (Lipinski definition) is 4. The smallest absolute Gasteiger partial charge is 0.422 e. The number of benzene rings is 2. The highest BCUT2D eigenvalue weighted by atomic mass is 127. The predicted molar refractivity (Wildman–Crippen MR) is 119 cm³/mol. The van der Waals surface area contributed by atoms with Crippen molar-refractivity contribution >= 4 is 35.6 Å².